The highest BCUT2D eigenvalue weighted by Gasteiger charge is 2.52. The number of hydrogen-bond acceptors (Lipinski definition) is 12. The molecule has 14 nitrogen and oxygen atoms in total. The van der Waals surface area contributed by atoms with Gasteiger partial charge in [0.1, 0.15) is 47.1 Å². The molecule has 0 aliphatic carbocycles. The molecule has 67 heavy (non-hydrogen) atoms. The number of fused-ring (bicyclic) bond motifs is 4. The van der Waals surface area contributed by atoms with E-state index in [4.69, 9.17) is 18.1 Å². The third kappa shape index (κ3) is 9.33. The molecule has 1 saturated heterocycles. The van der Waals surface area contributed by atoms with Crippen LogP contribution in [0.4, 0.5) is 8.78 Å². The van der Waals surface area contributed by atoms with E-state index in [1.165, 1.54) is 12.1 Å². The maximum Gasteiger partial charge on any atom is 0.496 e. The van der Waals surface area contributed by atoms with Crippen molar-refractivity contribution in [3.63, 3.8) is 0 Å². The predicted molar refractivity (Wildman–Crippen MR) is 256 cm³/mol. The van der Waals surface area contributed by atoms with Crippen LogP contribution >= 0.6 is 15.9 Å². The topological polar surface area (TPSA) is 157 Å². The van der Waals surface area contributed by atoms with Gasteiger partial charge in [-0.3, -0.25) is 18.8 Å². The molecule has 0 amide bonds. The lowest BCUT2D eigenvalue weighted by molar-refractivity contribution is 0.00578. The van der Waals surface area contributed by atoms with E-state index in [0.717, 1.165) is 54.9 Å². The van der Waals surface area contributed by atoms with Crippen molar-refractivity contribution in [3.05, 3.63) is 161 Å². The molecule has 18 heteroatoms. The van der Waals surface area contributed by atoms with E-state index < -0.39 is 0 Å². The zero-order chi connectivity index (χ0) is 46.2. The van der Waals surface area contributed by atoms with Crippen LogP contribution in [0.1, 0.15) is 69.3 Å². The molecule has 0 bridgehead atoms. The summed E-state index contributed by atoms with van der Waals surface area (Å²) in [6.07, 6.45) is 15.5. The smallest absolute Gasteiger partial charge is 0.464 e. The predicted octanol–water partition coefficient (Wildman–Crippen LogP) is 10.0. The van der Waals surface area contributed by atoms with E-state index in [9.17, 15) is 8.78 Å². The summed E-state index contributed by atoms with van der Waals surface area (Å²) in [5, 5.41) is 17.8. The van der Waals surface area contributed by atoms with E-state index in [-0.39, 0.29) is 37.4 Å². The van der Waals surface area contributed by atoms with Gasteiger partial charge in [-0.15, -0.1) is 20.4 Å². The van der Waals surface area contributed by atoms with E-state index in [2.05, 4.69) is 84.0 Å². The number of benzene rings is 2. The van der Waals surface area contributed by atoms with Crippen LogP contribution in [0.25, 0.3) is 44.4 Å². The van der Waals surface area contributed by atoms with E-state index >= 15 is 0 Å². The molecule has 10 aromatic rings. The largest absolute Gasteiger partial charge is 0.496 e. The maximum absolute atomic E-state index is 14.4. The molecule has 0 atom stereocenters. The van der Waals surface area contributed by atoms with Gasteiger partial charge in [0, 0.05) is 76.4 Å². The molecule has 0 radical (unpaired) electrons. The minimum absolute atomic E-state index is 0. The van der Waals surface area contributed by atoms with Gasteiger partial charge in [-0.05, 0) is 130 Å². The van der Waals surface area contributed by atoms with E-state index in [0.29, 0.717) is 59.3 Å². The van der Waals surface area contributed by atoms with Gasteiger partial charge in [0.25, 0.3) is 0 Å². The standard InChI is InChI=1S/C21H16FN5O.C15H10BrFN4O.C12H18BNO2.CH4/c1-13-14(3-2-9-23-13)17-11-24-20(27-12-25-26-21(17)27)7-4-15-16-8-10-28-19(16)6-5-18(15)22;16-11-7-18-14(21-8-19-20-15(11)21)4-1-9-10-5-6-22-13(10)3-2-12(9)17;1-9-10(7-6-8-14-9)13-15-11(2,3)12(4,5)16-13;/h2-3,5-6,8-12H,4,7H2,1H3;2-3,5-8H,1,4H2;6-8H,1-5H3;1H4. The monoisotopic (exact) mass is 968 g/mol. The van der Waals surface area contributed by atoms with Crippen molar-refractivity contribution in [1.82, 2.24) is 49.1 Å². The number of furan rings is 2. The minimum atomic E-state index is -0.307. The molecule has 1 aliphatic heterocycles. The molecule has 1 fully saturated rings. The first-order valence-electron chi connectivity index (χ1n) is 21.3. The van der Waals surface area contributed by atoms with Gasteiger partial charge >= 0.3 is 7.12 Å². The molecule has 8 aromatic heterocycles. The van der Waals surface area contributed by atoms with Crippen LogP contribution < -0.4 is 5.46 Å². The van der Waals surface area contributed by atoms with Crippen molar-refractivity contribution in [1.29, 1.82) is 0 Å². The van der Waals surface area contributed by atoms with Gasteiger partial charge in [-0.25, -0.2) is 18.7 Å². The Morgan fingerprint density at radius 2 is 1.13 bits per heavy atom. The fraction of sp³-hybridized carbons (Fsp3) is 0.265. The molecular weight excluding hydrogens is 921 g/mol. The molecule has 1 aliphatic rings. The quantitative estimate of drug-likeness (QED) is 0.133. The number of hydrogen-bond donors (Lipinski definition) is 0. The van der Waals surface area contributed by atoms with E-state index in [1.54, 1.807) is 78.6 Å². The van der Waals surface area contributed by atoms with Crippen molar-refractivity contribution >= 4 is 61.7 Å². The van der Waals surface area contributed by atoms with Gasteiger partial charge in [-0.2, -0.15) is 0 Å². The zero-order valence-electron chi connectivity index (χ0n) is 37.0. The Kier molecular flexibility index (Phi) is 13.4. The van der Waals surface area contributed by atoms with Crippen molar-refractivity contribution in [2.75, 3.05) is 0 Å². The van der Waals surface area contributed by atoms with Crippen molar-refractivity contribution < 1.29 is 26.9 Å². The highest BCUT2D eigenvalue weighted by molar-refractivity contribution is 9.10. The Morgan fingerprint density at radius 1 is 0.612 bits per heavy atom. The average molecular weight is 970 g/mol. The number of nitrogens with zero attached hydrogens (tertiary/aromatic N) is 10. The maximum atomic E-state index is 14.4. The minimum Gasteiger partial charge on any atom is -0.464 e. The van der Waals surface area contributed by atoms with Crippen molar-refractivity contribution in [2.24, 2.45) is 0 Å². The first kappa shape index (κ1) is 46.8. The number of aryl methyl sites for hydroxylation is 6. The molecule has 11 rings (SSSR count). The Morgan fingerprint density at radius 3 is 1.70 bits per heavy atom. The highest BCUT2D eigenvalue weighted by atomic mass is 79.9. The van der Waals surface area contributed by atoms with Gasteiger partial charge in [0.15, 0.2) is 11.3 Å². The molecule has 0 N–H and O–H groups in total. The van der Waals surface area contributed by atoms with Crippen LogP contribution in [-0.2, 0) is 35.0 Å². The fourth-order valence-electron chi connectivity index (χ4n) is 7.89. The molecule has 0 spiro atoms. The average Bonchev–Trinajstić information content (AvgIpc) is 4.16. The second-order valence-electron chi connectivity index (χ2n) is 16.8. The van der Waals surface area contributed by atoms with Crippen molar-refractivity contribution in [3.8, 4) is 11.1 Å². The van der Waals surface area contributed by atoms with E-state index in [1.807, 2.05) is 42.5 Å². The molecule has 0 unspecified atom stereocenters. The first-order chi connectivity index (χ1) is 31.8. The lowest BCUT2D eigenvalue weighted by Crippen LogP contribution is -2.41. The molecule has 9 heterocycles. The summed E-state index contributed by atoms with van der Waals surface area (Å²) in [5.74, 6) is 1.08. The van der Waals surface area contributed by atoms with Gasteiger partial charge in [0.05, 0.1) is 28.2 Å². The Labute approximate surface area is 394 Å². The number of pyridine rings is 2. The van der Waals surface area contributed by atoms with Crippen LogP contribution in [0.5, 0.6) is 0 Å². The van der Waals surface area contributed by atoms with Crippen LogP contribution in [0.3, 0.4) is 0 Å². The number of rotatable bonds is 8. The number of halogens is 3. The van der Waals surface area contributed by atoms with Crippen LogP contribution in [0, 0.1) is 25.5 Å². The lowest BCUT2D eigenvalue weighted by Gasteiger charge is -2.32. The summed E-state index contributed by atoms with van der Waals surface area (Å²) in [6.45, 7) is 12.1. The second kappa shape index (κ2) is 19.2. The summed E-state index contributed by atoms with van der Waals surface area (Å²) >= 11 is 3.39. The summed E-state index contributed by atoms with van der Waals surface area (Å²) in [6, 6.07) is 17.5. The lowest BCUT2D eigenvalue weighted by atomic mass is 9.78. The second-order valence-corrected chi connectivity index (χ2v) is 17.6. The Bertz CT molecular complexity index is 3340. The summed E-state index contributed by atoms with van der Waals surface area (Å²) in [4.78, 5) is 17.6. The van der Waals surface area contributed by atoms with Gasteiger partial charge < -0.3 is 18.1 Å². The summed E-state index contributed by atoms with van der Waals surface area (Å²) in [5.41, 5.74) is 8.17. The fourth-order valence-corrected chi connectivity index (χ4v) is 8.26. The van der Waals surface area contributed by atoms with Crippen LogP contribution in [0.2, 0.25) is 0 Å². The SMILES string of the molecule is C.Cc1ncccc1-c1cnc(CCc2c(F)ccc3occc23)n2cnnc12.Cc1ncccc1B1OC(C)(C)C(C)(C)O1.Fc1ccc2occc2c1CCc1ncc(Br)c2nncn12. The summed E-state index contributed by atoms with van der Waals surface area (Å²) in [7, 11) is -0.307. The summed E-state index contributed by atoms with van der Waals surface area (Å²) < 4.78 is 55.6. The first-order valence-corrected chi connectivity index (χ1v) is 22.1. The zero-order valence-corrected chi connectivity index (χ0v) is 38.6. The van der Waals surface area contributed by atoms with Crippen LogP contribution in [0.15, 0.2) is 124 Å². The van der Waals surface area contributed by atoms with Gasteiger partial charge in [0.2, 0.25) is 0 Å². The number of aromatic nitrogens is 10. The third-order valence-electron chi connectivity index (χ3n) is 12.2. The molecule has 2 aromatic carbocycles. The molecular formula is C49H48BBrF2N10O4. The highest BCUT2D eigenvalue weighted by Crippen LogP contribution is 2.36. The molecule has 0 saturated carbocycles. The third-order valence-corrected chi connectivity index (χ3v) is 12.8. The Hall–Kier alpha value is -6.76. The van der Waals surface area contributed by atoms with Crippen LogP contribution in [-0.4, -0.2) is 67.5 Å². The molecule has 342 valence electrons. The Balaban J connectivity index is 0.000000141. The van der Waals surface area contributed by atoms with Gasteiger partial charge in [-0.1, -0.05) is 19.6 Å². The normalized spacial score (nSPS) is 14.0. The van der Waals surface area contributed by atoms with Crippen molar-refractivity contribution in [2.45, 2.75) is 85.9 Å².